The SMILES string of the molecule is Cc1nn(C)cc1Nc1ccc(C(=O)O)c2ccccc12. The summed E-state index contributed by atoms with van der Waals surface area (Å²) in [7, 11) is 1.86. The van der Waals surface area contributed by atoms with Gasteiger partial charge in [-0.15, -0.1) is 0 Å². The number of rotatable bonds is 3. The van der Waals surface area contributed by atoms with Gasteiger partial charge in [-0.3, -0.25) is 4.68 Å². The second kappa shape index (κ2) is 4.94. The van der Waals surface area contributed by atoms with Crippen LogP contribution in [0.5, 0.6) is 0 Å². The van der Waals surface area contributed by atoms with Gasteiger partial charge >= 0.3 is 5.97 Å². The maximum absolute atomic E-state index is 11.3. The van der Waals surface area contributed by atoms with Crippen molar-refractivity contribution in [1.29, 1.82) is 0 Å². The number of carbonyl (C=O) groups is 1. The topological polar surface area (TPSA) is 67.2 Å². The van der Waals surface area contributed by atoms with Gasteiger partial charge in [-0.05, 0) is 24.4 Å². The van der Waals surface area contributed by atoms with Crippen LogP contribution in [0.1, 0.15) is 16.1 Å². The van der Waals surface area contributed by atoms with Crippen molar-refractivity contribution in [3.8, 4) is 0 Å². The molecule has 2 N–H and O–H groups in total. The van der Waals surface area contributed by atoms with E-state index >= 15 is 0 Å². The summed E-state index contributed by atoms with van der Waals surface area (Å²) in [5.41, 5.74) is 2.97. The van der Waals surface area contributed by atoms with Crippen molar-refractivity contribution >= 4 is 28.1 Å². The van der Waals surface area contributed by atoms with E-state index in [1.807, 2.05) is 44.4 Å². The van der Waals surface area contributed by atoms with Gasteiger partial charge < -0.3 is 10.4 Å². The summed E-state index contributed by atoms with van der Waals surface area (Å²) in [6.07, 6.45) is 1.90. The predicted octanol–water partition coefficient (Wildman–Crippen LogP) is 3.32. The summed E-state index contributed by atoms with van der Waals surface area (Å²) in [6, 6.07) is 10.9. The highest BCUT2D eigenvalue weighted by Crippen LogP contribution is 2.29. The molecule has 0 saturated carbocycles. The molecular formula is C16H15N3O2. The van der Waals surface area contributed by atoms with Gasteiger partial charge in [-0.1, -0.05) is 24.3 Å². The third kappa shape index (κ3) is 2.33. The van der Waals surface area contributed by atoms with E-state index < -0.39 is 5.97 Å². The molecule has 0 radical (unpaired) electrons. The highest BCUT2D eigenvalue weighted by Gasteiger charge is 2.12. The first-order valence-electron chi connectivity index (χ1n) is 6.58. The molecule has 5 heteroatoms. The van der Waals surface area contributed by atoms with Crippen molar-refractivity contribution in [3.05, 3.63) is 53.9 Å². The summed E-state index contributed by atoms with van der Waals surface area (Å²) < 4.78 is 1.74. The van der Waals surface area contributed by atoms with Crippen LogP contribution in [-0.4, -0.2) is 20.9 Å². The van der Waals surface area contributed by atoms with Gasteiger partial charge in [0.2, 0.25) is 0 Å². The maximum atomic E-state index is 11.3. The third-order valence-corrected chi connectivity index (χ3v) is 3.44. The Kier molecular flexibility index (Phi) is 3.10. The number of benzene rings is 2. The number of nitrogens with zero attached hydrogens (tertiary/aromatic N) is 2. The van der Waals surface area contributed by atoms with E-state index in [-0.39, 0.29) is 0 Å². The van der Waals surface area contributed by atoms with Crippen LogP contribution < -0.4 is 5.32 Å². The molecule has 106 valence electrons. The van der Waals surface area contributed by atoms with E-state index in [2.05, 4.69) is 10.4 Å². The zero-order chi connectivity index (χ0) is 15.0. The molecule has 0 aliphatic rings. The summed E-state index contributed by atoms with van der Waals surface area (Å²) in [6.45, 7) is 1.93. The molecule has 1 heterocycles. The van der Waals surface area contributed by atoms with Crippen LogP contribution in [0.4, 0.5) is 11.4 Å². The molecular weight excluding hydrogens is 266 g/mol. The number of fused-ring (bicyclic) bond motifs is 1. The molecule has 0 aliphatic heterocycles. The number of carboxylic acid groups (broad SMARTS) is 1. The zero-order valence-electron chi connectivity index (χ0n) is 11.8. The van der Waals surface area contributed by atoms with Crippen molar-refractivity contribution in [2.24, 2.45) is 7.05 Å². The smallest absolute Gasteiger partial charge is 0.336 e. The molecule has 0 spiro atoms. The quantitative estimate of drug-likeness (QED) is 0.772. The van der Waals surface area contributed by atoms with E-state index in [0.717, 1.165) is 27.8 Å². The van der Waals surface area contributed by atoms with Crippen LogP contribution in [0.2, 0.25) is 0 Å². The van der Waals surface area contributed by atoms with Crippen LogP contribution in [0.15, 0.2) is 42.6 Å². The van der Waals surface area contributed by atoms with E-state index in [1.54, 1.807) is 16.8 Å². The monoisotopic (exact) mass is 281 g/mol. The fourth-order valence-corrected chi connectivity index (χ4v) is 2.46. The number of aryl methyl sites for hydroxylation is 2. The Balaban J connectivity index is 2.14. The van der Waals surface area contributed by atoms with Gasteiger partial charge in [0.05, 0.1) is 16.9 Å². The maximum Gasteiger partial charge on any atom is 0.336 e. The van der Waals surface area contributed by atoms with Gasteiger partial charge in [0.15, 0.2) is 0 Å². The fourth-order valence-electron chi connectivity index (χ4n) is 2.46. The first-order valence-corrected chi connectivity index (χ1v) is 6.58. The second-order valence-corrected chi connectivity index (χ2v) is 4.94. The van der Waals surface area contributed by atoms with E-state index in [4.69, 9.17) is 0 Å². The van der Waals surface area contributed by atoms with Crippen LogP contribution in [0.3, 0.4) is 0 Å². The number of anilines is 2. The highest BCUT2D eigenvalue weighted by molar-refractivity contribution is 6.08. The standard InChI is InChI=1S/C16H15N3O2/c1-10-15(9-19(2)18-10)17-14-8-7-13(16(20)21)11-5-3-4-6-12(11)14/h3-9,17H,1-2H3,(H,20,21). The lowest BCUT2D eigenvalue weighted by Gasteiger charge is -2.10. The number of nitrogens with one attached hydrogen (secondary N) is 1. The average molecular weight is 281 g/mol. The predicted molar refractivity (Wildman–Crippen MR) is 82.1 cm³/mol. The minimum absolute atomic E-state index is 0.305. The molecule has 0 amide bonds. The Morgan fingerprint density at radius 1 is 1.14 bits per heavy atom. The first kappa shape index (κ1) is 13.2. The number of hydrogen-bond donors (Lipinski definition) is 2. The molecule has 0 bridgehead atoms. The van der Waals surface area contributed by atoms with Crippen LogP contribution >= 0.6 is 0 Å². The average Bonchev–Trinajstić information content (AvgIpc) is 2.77. The fraction of sp³-hybridized carbons (Fsp3) is 0.125. The lowest BCUT2D eigenvalue weighted by Crippen LogP contribution is -1.99. The van der Waals surface area contributed by atoms with Gasteiger partial charge in [0.1, 0.15) is 0 Å². The van der Waals surface area contributed by atoms with Crippen molar-refractivity contribution in [2.75, 3.05) is 5.32 Å². The highest BCUT2D eigenvalue weighted by atomic mass is 16.4. The van der Waals surface area contributed by atoms with Gasteiger partial charge in [-0.25, -0.2) is 4.79 Å². The molecule has 1 aromatic heterocycles. The summed E-state index contributed by atoms with van der Waals surface area (Å²) >= 11 is 0. The van der Waals surface area contributed by atoms with Crippen molar-refractivity contribution in [1.82, 2.24) is 9.78 Å². The molecule has 0 fully saturated rings. The number of aromatic carboxylic acids is 1. The first-order chi connectivity index (χ1) is 10.1. The molecule has 3 aromatic rings. The summed E-state index contributed by atoms with van der Waals surface area (Å²) in [5, 5.41) is 18.5. The minimum atomic E-state index is -0.921. The van der Waals surface area contributed by atoms with Crippen molar-refractivity contribution in [2.45, 2.75) is 6.92 Å². The normalized spacial score (nSPS) is 10.8. The molecule has 0 unspecified atom stereocenters. The van der Waals surface area contributed by atoms with Crippen molar-refractivity contribution in [3.63, 3.8) is 0 Å². The van der Waals surface area contributed by atoms with Crippen LogP contribution in [-0.2, 0) is 7.05 Å². The van der Waals surface area contributed by atoms with Crippen molar-refractivity contribution < 1.29 is 9.90 Å². The van der Waals surface area contributed by atoms with Crippen LogP contribution in [0, 0.1) is 6.92 Å². The Hall–Kier alpha value is -2.82. The van der Waals surface area contributed by atoms with E-state index in [0.29, 0.717) is 5.56 Å². The number of hydrogen-bond acceptors (Lipinski definition) is 3. The molecule has 5 nitrogen and oxygen atoms in total. The summed E-state index contributed by atoms with van der Waals surface area (Å²) in [4.78, 5) is 11.3. The molecule has 3 rings (SSSR count). The molecule has 0 atom stereocenters. The molecule has 0 saturated heterocycles. The van der Waals surface area contributed by atoms with Gasteiger partial charge in [0.25, 0.3) is 0 Å². The second-order valence-electron chi connectivity index (χ2n) is 4.94. The Morgan fingerprint density at radius 2 is 1.86 bits per heavy atom. The summed E-state index contributed by atoms with van der Waals surface area (Å²) in [5.74, 6) is -0.921. The van der Waals surface area contributed by atoms with E-state index in [9.17, 15) is 9.90 Å². The van der Waals surface area contributed by atoms with E-state index in [1.165, 1.54) is 0 Å². The number of aromatic nitrogens is 2. The van der Waals surface area contributed by atoms with Crippen LogP contribution in [0.25, 0.3) is 10.8 Å². The van der Waals surface area contributed by atoms with Gasteiger partial charge in [0, 0.05) is 24.3 Å². The van der Waals surface area contributed by atoms with Gasteiger partial charge in [-0.2, -0.15) is 5.10 Å². The molecule has 0 aliphatic carbocycles. The lowest BCUT2D eigenvalue weighted by atomic mass is 10.0. The molecule has 2 aromatic carbocycles. The Bertz CT molecular complexity index is 837. The minimum Gasteiger partial charge on any atom is -0.478 e. The molecule has 21 heavy (non-hydrogen) atoms. The lowest BCUT2D eigenvalue weighted by molar-refractivity contribution is 0.0699. The largest absolute Gasteiger partial charge is 0.478 e. The Labute approximate surface area is 121 Å². The zero-order valence-corrected chi connectivity index (χ0v) is 11.8. The Morgan fingerprint density at radius 3 is 2.48 bits per heavy atom. The third-order valence-electron chi connectivity index (χ3n) is 3.44. The number of carboxylic acids is 1.